The number of imidazole rings is 1. The number of benzene rings is 2. The Bertz CT molecular complexity index is 1340. The Kier molecular flexibility index (Phi) is 5.89. The zero-order valence-corrected chi connectivity index (χ0v) is 17.5. The van der Waals surface area contributed by atoms with Crippen LogP contribution in [0.2, 0.25) is 0 Å². The van der Waals surface area contributed by atoms with Gasteiger partial charge in [-0.25, -0.2) is 4.98 Å². The molecular formula is C23H22N6O3. The number of nitrogens with one attached hydrogen (secondary N) is 3. The van der Waals surface area contributed by atoms with E-state index in [4.69, 9.17) is 14.6 Å². The first-order chi connectivity index (χ1) is 15.6. The van der Waals surface area contributed by atoms with Crippen LogP contribution >= 0.6 is 0 Å². The summed E-state index contributed by atoms with van der Waals surface area (Å²) in [6.07, 6.45) is 3.71. The first kappa shape index (κ1) is 20.7. The Balaban J connectivity index is 0.000000775. The van der Waals surface area contributed by atoms with Gasteiger partial charge in [-0.2, -0.15) is 0 Å². The molecule has 0 spiro atoms. The average molecular weight is 430 g/mol. The van der Waals surface area contributed by atoms with Gasteiger partial charge in [0.1, 0.15) is 17.0 Å². The number of ether oxygens (including phenoxy) is 1. The van der Waals surface area contributed by atoms with Crippen LogP contribution in [0.15, 0.2) is 67.0 Å². The van der Waals surface area contributed by atoms with Crippen LogP contribution in [0.1, 0.15) is 0 Å². The van der Waals surface area contributed by atoms with E-state index in [-0.39, 0.29) is 6.47 Å². The van der Waals surface area contributed by atoms with E-state index in [1.165, 1.54) is 0 Å². The van der Waals surface area contributed by atoms with Crippen molar-refractivity contribution in [1.82, 2.24) is 19.9 Å². The van der Waals surface area contributed by atoms with E-state index >= 15 is 0 Å². The van der Waals surface area contributed by atoms with Crippen LogP contribution in [0, 0.1) is 0 Å². The summed E-state index contributed by atoms with van der Waals surface area (Å²) in [5, 5.41) is 10.2. The zero-order chi connectivity index (χ0) is 22.5. The number of nitrogens with zero attached hydrogens (tertiary/aromatic N) is 3. The summed E-state index contributed by atoms with van der Waals surface area (Å²) in [7, 11) is 4.02. The molecule has 0 aliphatic carbocycles. The molecule has 32 heavy (non-hydrogen) atoms. The van der Waals surface area contributed by atoms with E-state index < -0.39 is 0 Å². The SMILES string of the molecule is CN(C)c1ccnc2c(Nc3nc4cc(Oc5ccccc5)ccc4[nH]3)c[nH]c12.O=CO. The van der Waals surface area contributed by atoms with Gasteiger partial charge < -0.3 is 30.0 Å². The summed E-state index contributed by atoms with van der Waals surface area (Å²) in [5.74, 6) is 2.18. The van der Waals surface area contributed by atoms with Gasteiger partial charge in [-0.05, 0) is 30.3 Å². The minimum atomic E-state index is -0.250. The van der Waals surface area contributed by atoms with Crippen LogP contribution in [0.4, 0.5) is 17.3 Å². The molecular weight excluding hydrogens is 408 g/mol. The molecule has 9 heteroatoms. The number of hydrogen-bond acceptors (Lipinski definition) is 6. The third-order valence-electron chi connectivity index (χ3n) is 4.71. The Morgan fingerprint density at radius 3 is 2.62 bits per heavy atom. The fourth-order valence-corrected chi connectivity index (χ4v) is 3.34. The van der Waals surface area contributed by atoms with Crippen molar-refractivity contribution in [1.29, 1.82) is 0 Å². The van der Waals surface area contributed by atoms with Crippen LogP contribution < -0.4 is 15.0 Å². The van der Waals surface area contributed by atoms with Crippen LogP contribution in [0.3, 0.4) is 0 Å². The molecule has 9 nitrogen and oxygen atoms in total. The van der Waals surface area contributed by atoms with Crippen LogP contribution in [0.5, 0.6) is 11.5 Å². The third kappa shape index (κ3) is 4.31. The largest absolute Gasteiger partial charge is 0.483 e. The maximum Gasteiger partial charge on any atom is 0.290 e. The van der Waals surface area contributed by atoms with E-state index in [1.807, 2.05) is 81.1 Å². The summed E-state index contributed by atoms with van der Waals surface area (Å²) < 4.78 is 5.90. The molecule has 0 aliphatic heterocycles. The predicted octanol–water partition coefficient (Wildman–Crippen LogP) is 4.74. The number of aromatic nitrogens is 4. The molecule has 162 valence electrons. The summed E-state index contributed by atoms with van der Waals surface area (Å²) in [6.45, 7) is -0.250. The maximum absolute atomic E-state index is 8.36. The number of para-hydroxylation sites is 1. The van der Waals surface area contributed by atoms with Gasteiger partial charge >= 0.3 is 0 Å². The molecule has 0 aliphatic rings. The Hall–Kier alpha value is -4.53. The third-order valence-corrected chi connectivity index (χ3v) is 4.71. The van der Waals surface area contributed by atoms with Crippen molar-refractivity contribution < 1.29 is 14.6 Å². The van der Waals surface area contributed by atoms with E-state index in [0.717, 1.165) is 44.9 Å². The van der Waals surface area contributed by atoms with Gasteiger partial charge in [0.25, 0.3) is 6.47 Å². The lowest BCUT2D eigenvalue weighted by Gasteiger charge is -2.12. The predicted molar refractivity (Wildman–Crippen MR) is 125 cm³/mol. The lowest BCUT2D eigenvalue weighted by atomic mass is 10.3. The quantitative estimate of drug-likeness (QED) is 0.297. The Morgan fingerprint density at radius 1 is 1.09 bits per heavy atom. The van der Waals surface area contributed by atoms with Crippen molar-refractivity contribution in [2.45, 2.75) is 0 Å². The smallest absolute Gasteiger partial charge is 0.290 e. The number of pyridine rings is 1. The van der Waals surface area contributed by atoms with Gasteiger partial charge in [0.2, 0.25) is 5.95 Å². The molecule has 0 saturated heterocycles. The van der Waals surface area contributed by atoms with Crippen LogP contribution in [-0.2, 0) is 4.79 Å². The maximum atomic E-state index is 8.36. The van der Waals surface area contributed by atoms with Crippen molar-refractivity contribution in [3.63, 3.8) is 0 Å². The number of rotatable bonds is 5. The monoisotopic (exact) mass is 430 g/mol. The highest BCUT2D eigenvalue weighted by Gasteiger charge is 2.12. The molecule has 3 aromatic heterocycles. The molecule has 5 rings (SSSR count). The molecule has 0 unspecified atom stereocenters. The molecule has 3 heterocycles. The molecule has 4 N–H and O–H groups in total. The first-order valence-electron chi connectivity index (χ1n) is 9.80. The number of fused-ring (bicyclic) bond motifs is 2. The van der Waals surface area contributed by atoms with E-state index in [9.17, 15) is 0 Å². The molecule has 0 fully saturated rings. The van der Waals surface area contributed by atoms with Gasteiger partial charge in [0.15, 0.2) is 0 Å². The van der Waals surface area contributed by atoms with Gasteiger partial charge in [0.05, 0.1) is 27.9 Å². The van der Waals surface area contributed by atoms with Crippen LogP contribution in [0.25, 0.3) is 22.1 Å². The number of carboxylic acid groups (broad SMARTS) is 1. The Morgan fingerprint density at radius 2 is 1.88 bits per heavy atom. The molecule has 0 bridgehead atoms. The molecule has 0 amide bonds. The highest BCUT2D eigenvalue weighted by Crippen LogP contribution is 2.31. The lowest BCUT2D eigenvalue weighted by Crippen LogP contribution is -2.09. The van der Waals surface area contributed by atoms with E-state index in [2.05, 4.69) is 30.2 Å². The lowest BCUT2D eigenvalue weighted by molar-refractivity contribution is -0.122. The van der Waals surface area contributed by atoms with Crippen molar-refractivity contribution in [3.05, 3.63) is 67.0 Å². The summed E-state index contributed by atoms with van der Waals surface area (Å²) >= 11 is 0. The molecule has 0 saturated carbocycles. The second-order valence-electron chi connectivity index (χ2n) is 7.06. The minimum Gasteiger partial charge on any atom is -0.483 e. The number of carbonyl (C=O) groups is 1. The normalized spacial score (nSPS) is 10.4. The van der Waals surface area contributed by atoms with Gasteiger partial charge in [-0.15, -0.1) is 0 Å². The molecule has 0 atom stereocenters. The number of anilines is 3. The van der Waals surface area contributed by atoms with Gasteiger partial charge in [-0.3, -0.25) is 9.78 Å². The second-order valence-corrected chi connectivity index (χ2v) is 7.06. The average Bonchev–Trinajstić information content (AvgIpc) is 3.38. The Labute approximate surface area is 183 Å². The number of H-pyrrole nitrogens is 2. The fraction of sp³-hybridized carbons (Fsp3) is 0.0870. The highest BCUT2D eigenvalue weighted by atomic mass is 16.5. The van der Waals surface area contributed by atoms with E-state index in [0.29, 0.717) is 5.95 Å². The standard InChI is InChI=1S/C22H20N6O.CH2O2/c1-28(2)19-10-11-23-20-18(13-24-21(19)20)27-22-25-16-9-8-15(12-17(16)26-22)29-14-6-4-3-5-7-14;2-1-3/h3-13,24H,1-2H3,(H2,25,26,27);1H,(H,2,3). The topological polar surface area (TPSA) is 119 Å². The highest BCUT2D eigenvalue weighted by molar-refractivity contribution is 5.97. The zero-order valence-electron chi connectivity index (χ0n) is 17.5. The van der Waals surface area contributed by atoms with Crippen LogP contribution in [-0.4, -0.2) is 45.6 Å². The molecule has 2 aromatic carbocycles. The second kappa shape index (κ2) is 9.09. The molecule has 5 aromatic rings. The number of hydrogen-bond donors (Lipinski definition) is 4. The fourth-order valence-electron chi connectivity index (χ4n) is 3.34. The first-order valence-corrected chi connectivity index (χ1v) is 9.80. The van der Waals surface area contributed by atoms with Gasteiger partial charge in [0, 0.05) is 32.6 Å². The summed E-state index contributed by atoms with van der Waals surface area (Å²) in [6, 6.07) is 17.5. The van der Waals surface area contributed by atoms with Crippen molar-refractivity contribution in [3.8, 4) is 11.5 Å². The number of aromatic amines is 2. The summed E-state index contributed by atoms with van der Waals surface area (Å²) in [4.78, 5) is 26.2. The minimum absolute atomic E-state index is 0.250. The van der Waals surface area contributed by atoms with E-state index in [1.54, 1.807) is 0 Å². The van der Waals surface area contributed by atoms with Crippen molar-refractivity contribution >= 4 is 45.9 Å². The van der Waals surface area contributed by atoms with Gasteiger partial charge in [-0.1, -0.05) is 18.2 Å². The molecule has 0 radical (unpaired) electrons. The summed E-state index contributed by atoms with van der Waals surface area (Å²) in [5.41, 5.74) is 5.54. The van der Waals surface area contributed by atoms with Crippen molar-refractivity contribution in [2.24, 2.45) is 0 Å². The van der Waals surface area contributed by atoms with Crippen molar-refractivity contribution in [2.75, 3.05) is 24.3 Å².